The van der Waals surface area contributed by atoms with Gasteiger partial charge in [0.15, 0.2) is 0 Å². The van der Waals surface area contributed by atoms with Crippen molar-refractivity contribution in [3.63, 3.8) is 0 Å². The number of aromatic nitrogens is 2. The lowest BCUT2D eigenvalue weighted by atomic mass is 10.1. The Morgan fingerprint density at radius 3 is 3.05 bits per heavy atom. The molecule has 0 bridgehead atoms. The first-order chi connectivity index (χ1) is 9.60. The zero-order valence-corrected chi connectivity index (χ0v) is 12.2. The first-order valence-electron chi connectivity index (χ1n) is 7.21. The number of likely N-dealkylation sites (tertiary alicyclic amines) is 1. The number of rotatable bonds is 5. The van der Waals surface area contributed by atoms with E-state index in [0.29, 0.717) is 19.0 Å². The van der Waals surface area contributed by atoms with Gasteiger partial charge in [-0.25, -0.2) is 9.78 Å². The summed E-state index contributed by atoms with van der Waals surface area (Å²) in [5, 5.41) is 12.1. The van der Waals surface area contributed by atoms with Crippen LogP contribution in [0.5, 0.6) is 0 Å². The molecule has 2 rings (SSSR count). The summed E-state index contributed by atoms with van der Waals surface area (Å²) in [5.74, 6) is 1.59. The van der Waals surface area contributed by atoms with Crippen molar-refractivity contribution in [2.75, 3.05) is 26.2 Å². The Kier molecular flexibility index (Phi) is 5.00. The molecule has 2 N–H and O–H groups in total. The largest absolute Gasteiger partial charge is 0.396 e. The third-order valence-electron chi connectivity index (χ3n) is 3.87. The van der Waals surface area contributed by atoms with Crippen molar-refractivity contribution in [1.29, 1.82) is 0 Å². The highest BCUT2D eigenvalue weighted by molar-refractivity contribution is 5.74. The van der Waals surface area contributed by atoms with E-state index in [0.717, 1.165) is 25.3 Å². The van der Waals surface area contributed by atoms with Crippen molar-refractivity contribution in [2.24, 2.45) is 11.8 Å². The van der Waals surface area contributed by atoms with Crippen LogP contribution >= 0.6 is 0 Å². The van der Waals surface area contributed by atoms with Gasteiger partial charge in [-0.2, -0.15) is 0 Å². The van der Waals surface area contributed by atoms with Crippen molar-refractivity contribution in [3.8, 4) is 0 Å². The number of amides is 2. The summed E-state index contributed by atoms with van der Waals surface area (Å²) in [4.78, 5) is 18.0. The molecule has 0 spiro atoms. The molecule has 0 saturated carbocycles. The van der Waals surface area contributed by atoms with Crippen molar-refractivity contribution in [3.05, 3.63) is 18.2 Å². The fraction of sp³-hybridized carbons (Fsp3) is 0.714. The Morgan fingerprint density at radius 1 is 1.65 bits per heavy atom. The van der Waals surface area contributed by atoms with E-state index in [1.54, 1.807) is 11.1 Å². The molecule has 2 amide bonds. The van der Waals surface area contributed by atoms with Crippen LogP contribution in [0, 0.1) is 18.8 Å². The molecule has 1 saturated heterocycles. The van der Waals surface area contributed by atoms with Crippen LogP contribution in [-0.4, -0.2) is 51.8 Å². The van der Waals surface area contributed by atoms with E-state index >= 15 is 0 Å². The first-order valence-corrected chi connectivity index (χ1v) is 7.21. The molecule has 6 nitrogen and oxygen atoms in total. The third-order valence-corrected chi connectivity index (χ3v) is 3.87. The molecule has 2 unspecified atom stereocenters. The molecule has 0 radical (unpaired) electrons. The van der Waals surface area contributed by atoms with Gasteiger partial charge in [0.25, 0.3) is 0 Å². The van der Waals surface area contributed by atoms with Gasteiger partial charge in [0, 0.05) is 51.1 Å². The average molecular weight is 280 g/mol. The second-order valence-electron chi connectivity index (χ2n) is 5.70. The van der Waals surface area contributed by atoms with Crippen molar-refractivity contribution >= 4 is 6.03 Å². The third kappa shape index (κ3) is 3.72. The highest BCUT2D eigenvalue weighted by Gasteiger charge is 2.25. The molecule has 6 heteroatoms. The molecule has 20 heavy (non-hydrogen) atoms. The summed E-state index contributed by atoms with van der Waals surface area (Å²) in [6.07, 6.45) is 4.65. The molecule has 112 valence electrons. The van der Waals surface area contributed by atoms with E-state index in [1.165, 1.54) is 0 Å². The van der Waals surface area contributed by atoms with Gasteiger partial charge < -0.3 is 19.9 Å². The number of aliphatic hydroxyl groups excluding tert-OH is 1. The zero-order valence-electron chi connectivity index (χ0n) is 12.2. The van der Waals surface area contributed by atoms with Crippen molar-refractivity contribution in [2.45, 2.75) is 26.8 Å². The van der Waals surface area contributed by atoms with Crippen LogP contribution < -0.4 is 5.32 Å². The van der Waals surface area contributed by atoms with Crippen LogP contribution in [0.15, 0.2) is 12.4 Å². The molecule has 1 aromatic rings. The fourth-order valence-electron chi connectivity index (χ4n) is 2.54. The minimum Gasteiger partial charge on any atom is -0.396 e. The number of hydrogen-bond acceptors (Lipinski definition) is 3. The molecule has 0 aliphatic carbocycles. The summed E-state index contributed by atoms with van der Waals surface area (Å²) in [7, 11) is 0. The number of nitrogens with one attached hydrogen (secondary N) is 1. The molecule has 1 aliphatic heterocycles. The highest BCUT2D eigenvalue weighted by atomic mass is 16.3. The van der Waals surface area contributed by atoms with Crippen LogP contribution in [0.3, 0.4) is 0 Å². The zero-order chi connectivity index (χ0) is 14.5. The summed E-state index contributed by atoms with van der Waals surface area (Å²) < 4.78 is 2.09. The standard InChI is InChI=1S/C14H24N4O2/c1-11(8-17-6-4-15-12(17)2)7-16-14(20)18-5-3-13(9-18)10-19/h4,6,11,13,19H,3,5,7-10H2,1-2H3,(H,16,20). The number of carbonyl (C=O) groups is 1. The lowest BCUT2D eigenvalue weighted by Crippen LogP contribution is -2.41. The number of urea groups is 1. The lowest BCUT2D eigenvalue weighted by Gasteiger charge is -2.19. The number of nitrogens with zero attached hydrogens (tertiary/aromatic N) is 3. The Hall–Kier alpha value is -1.56. The Bertz CT molecular complexity index is 446. The Balaban J connectivity index is 1.72. The quantitative estimate of drug-likeness (QED) is 0.840. The number of imidazole rings is 1. The molecule has 2 atom stereocenters. The number of aryl methyl sites for hydroxylation is 1. The van der Waals surface area contributed by atoms with Gasteiger partial charge in [-0.3, -0.25) is 0 Å². The Labute approximate surface area is 119 Å². The molecule has 1 aromatic heterocycles. The first kappa shape index (κ1) is 14.8. The molecule has 2 heterocycles. The maximum Gasteiger partial charge on any atom is 0.317 e. The fourth-order valence-corrected chi connectivity index (χ4v) is 2.54. The van der Waals surface area contributed by atoms with Crippen LogP contribution in [0.2, 0.25) is 0 Å². The minimum atomic E-state index is -0.0184. The monoisotopic (exact) mass is 280 g/mol. The SMILES string of the molecule is Cc1nccn1CC(C)CNC(=O)N1CCC(CO)C1. The highest BCUT2D eigenvalue weighted by Crippen LogP contribution is 2.15. The predicted molar refractivity (Wildman–Crippen MR) is 76.3 cm³/mol. The van der Waals surface area contributed by atoms with Crippen LogP contribution in [0.4, 0.5) is 4.79 Å². The number of hydrogen-bond donors (Lipinski definition) is 2. The lowest BCUT2D eigenvalue weighted by molar-refractivity contribution is 0.196. The molecule has 0 aromatic carbocycles. The van der Waals surface area contributed by atoms with Gasteiger partial charge in [-0.15, -0.1) is 0 Å². The van der Waals surface area contributed by atoms with Gasteiger partial charge in [0.1, 0.15) is 5.82 Å². The molecular weight excluding hydrogens is 256 g/mol. The van der Waals surface area contributed by atoms with Crippen molar-refractivity contribution < 1.29 is 9.90 Å². The summed E-state index contributed by atoms with van der Waals surface area (Å²) in [5.41, 5.74) is 0. The predicted octanol–water partition coefficient (Wildman–Crippen LogP) is 0.851. The summed E-state index contributed by atoms with van der Waals surface area (Å²) >= 11 is 0. The summed E-state index contributed by atoms with van der Waals surface area (Å²) in [6, 6.07) is -0.0184. The number of aliphatic hydroxyl groups is 1. The maximum absolute atomic E-state index is 12.0. The summed E-state index contributed by atoms with van der Waals surface area (Å²) in [6.45, 7) is 7.16. The van der Waals surface area contributed by atoms with E-state index in [9.17, 15) is 4.79 Å². The number of carbonyl (C=O) groups excluding carboxylic acids is 1. The Morgan fingerprint density at radius 2 is 2.45 bits per heavy atom. The van der Waals surface area contributed by atoms with Gasteiger partial charge in [0.05, 0.1) is 0 Å². The van der Waals surface area contributed by atoms with Crippen LogP contribution in [0.25, 0.3) is 0 Å². The van der Waals surface area contributed by atoms with E-state index < -0.39 is 0 Å². The minimum absolute atomic E-state index is 0.0184. The van der Waals surface area contributed by atoms with Gasteiger partial charge in [-0.1, -0.05) is 6.92 Å². The average Bonchev–Trinajstić information content (AvgIpc) is 3.06. The second-order valence-corrected chi connectivity index (χ2v) is 5.70. The van der Waals surface area contributed by atoms with Crippen LogP contribution in [-0.2, 0) is 6.54 Å². The van der Waals surface area contributed by atoms with Crippen LogP contribution in [0.1, 0.15) is 19.2 Å². The van der Waals surface area contributed by atoms with E-state index in [2.05, 4.69) is 21.8 Å². The molecule has 1 aliphatic rings. The van der Waals surface area contributed by atoms with Crippen molar-refractivity contribution in [1.82, 2.24) is 19.8 Å². The maximum atomic E-state index is 12.0. The van der Waals surface area contributed by atoms with E-state index in [-0.39, 0.29) is 18.6 Å². The van der Waals surface area contributed by atoms with Gasteiger partial charge in [-0.05, 0) is 19.3 Å². The normalized spacial score (nSPS) is 20.1. The molecule has 1 fully saturated rings. The van der Waals surface area contributed by atoms with Gasteiger partial charge in [0.2, 0.25) is 0 Å². The molecular formula is C14H24N4O2. The van der Waals surface area contributed by atoms with Gasteiger partial charge >= 0.3 is 6.03 Å². The smallest absolute Gasteiger partial charge is 0.317 e. The van der Waals surface area contributed by atoms with E-state index in [4.69, 9.17) is 5.11 Å². The topological polar surface area (TPSA) is 70.4 Å². The van der Waals surface area contributed by atoms with E-state index in [1.807, 2.05) is 13.1 Å². The second kappa shape index (κ2) is 6.74.